The fourth-order valence-corrected chi connectivity index (χ4v) is 7.07. The molecule has 2 fully saturated rings. The number of carboxylic acid groups (broad SMARTS) is 1. The lowest BCUT2D eigenvalue weighted by atomic mass is 9.95. The van der Waals surface area contributed by atoms with E-state index in [9.17, 15) is 18.0 Å². The van der Waals surface area contributed by atoms with Crippen molar-refractivity contribution in [1.29, 1.82) is 0 Å². The van der Waals surface area contributed by atoms with Crippen LogP contribution in [0.25, 0.3) is 11.1 Å². The summed E-state index contributed by atoms with van der Waals surface area (Å²) in [5.41, 5.74) is 7.61. The molecule has 10 heteroatoms. The molecule has 0 atom stereocenters. The quantitative estimate of drug-likeness (QED) is 0.127. The number of amides is 2. The molecule has 282 valence electrons. The van der Waals surface area contributed by atoms with Crippen molar-refractivity contribution < 1.29 is 27.9 Å². The molecule has 1 saturated heterocycles. The average Bonchev–Trinajstić information content (AvgIpc) is 3.17. The number of aliphatic carboxylic acids is 1. The number of nitrogens with one attached hydrogen (secondary N) is 2. The summed E-state index contributed by atoms with van der Waals surface area (Å²) in [6, 6.07) is 39.7. The molecule has 2 aliphatic rings. The Hall–Kier alpha value is -4.67. The summed E-state index contributed by atoms with van der Waals surface area (Å²) < 4.78 is 31.7. The zero-order valence-electron chi connectivity index (χ0n) is 30.2. The summed E-state index contributed by atoms with van der Waals surface area (Å²) in [4.78, 5) is 27.4. The predicted octanol–water partition coefficient (Wildman–Crippen LogP) is 8.83. The van der Waals surface area contributed by atoms with Crippen LogP contribution in [-0.4, -0.2) is 64.8 Å². The van der Waals surface area contributed by atoms with Crippen LogP contribution in [0.15, 0.2) is 109 Å². The lowest BCUT2D eigenvalue weighted by Crippen LogP contribution is -2.52. The summed E-state index contributed by atoms with van der Waals surface area (Å²) in [5, 5.41) is 14.1. The summed E-state index contributed by atoms with van der Waals surface area (Å²) in [6.45, 7) is 5.47. The SMILES string of the molecule is O=C(NC1CCCCC1)N(Cc1cccc(-c2ccc(CNCCc3ccccc3)cc2)c1)C1CCN(Cc2ccccc2)CC1.O=C(O)C(F)(F)F. The number of urea groups is 1. The molecule has 1 aliphatic heterocycles. The van der Waals surface area contributed by atoms with E-state index in [4.69, 9.17) is 9.90 Å². The van der Waals surface area contributed by atoms with Crippen molar-refractivity contribution in [1.82, 2.24) is 20.4 Å². The Bertz CT molecular complexity index is 1690. The molecule has 2 amide bonds. The van der Waals surface area contributed by atoms with Gasteiger partial charge in [-0.3, -0.25) is 4.90 Å². The molecule has 3 N–H and O–H groups in total. The van der Waals surface area contributed by atoms with E-state index in [1.807, 2.05) is 0 Å². The molecule has 0 bridgehead atoms. The largest absolute Gasteiger partial charge is 0.490 e. The number of likely N-dealkylation sites (tertiary alicyclic amines) is 1. The van der Waals surface area contributed by atoms with Gasteiger partial charge in [0.25, 0.3) is 0 Å². The number of piperidine rings is 1. The van der Waals surface area contributed by atoms with Crippen molar-refractivity contribution in [3.8, 4) is 11.1 Å². The standard InChI is InChI=1S/C41H50N4O.C2HF3O2/c46-41(43-39-17-8-3-9-18-39)45(40-24-27-44(28-25-40)31-35-13-6-2-7-14-35)32-36-15-10-16-38(29-36)37-21-19-34(20-22-37)30-42-26-23-33-11-4-1-5-12-33;3-2(4,5)1(6)7/h1-2,4-7,10-16,19-22,29,39-40,42H,3,8-9,17-18,23-28,30-32H2,(H,43,46);(H,6,7). The molecule has 53 heavy (non-hydrogen) atoms. The van der Waals surface area contributed by atoms with E-state index in [1.54, 1.807) is 0 Å². The number of halogens is 3. The van der Waals surface area contributed by atoms with Gasteiger partial charge in [0, 0.05) is 44.8 Å². The first-order chi connectivity index (χ1) is 25.6. The Morgan fingerprint density at radius 2 is 1.32 bits per heavy atom. The molecule has 1 aliphatic carbocycles. The predicted molar refractivity (Wildman–Crippen MR) is 203 cm³/mol. The van der Waals surface area contributed by atoms with Gasteiger partial charge in [-0.2, -0.15) is 13.2 Å². The second-order valence-corrected chi connectivity index (χ2v) is 14.0. The number of carbonyl (C=O) groups excluding carboxylic acids is 1. The number of rotatable bonds is 12. The molecular formula is C43H51F3N4O3. The Balaban J connectivity index is 0.000000705. The summed E-state index contributed by atoms with van der Waals surface area (Å²) >= 11 is 0. The Morgan fingerprint density at radius 1 is 0.717 bits per heavy atom. The molecule has 0 unspecified atom stereocenters. The molecule has 0 spiro atoms. The van der Waals surface area contributed by atoms with Gasteiger partial charge in [0.15, 0.2) is 0 Å². The minimum Gasteiger partial charge on any atom is -0.475 e. The molecule has 4 aromatic carbocycles. The van der Waals surface area contributed by atoms with E-state index in [0.29, 0.717) is 12.6 Å². The number of carboxylic acids is 1. The van der Waals surface area contributed by atoms with Crippen molar-refractivity contribution in [2.45, 2.75) is 89.3 Å². The van der Waals surface area contributed by atoms with Crippen LogP contribution in [0.4, 0.5) is 18.0 Å². The third-order valence-corrected chi connectivity index (χ3v) is 10.0. The van der Waals surface area contributed by atoms with Gasteiger partial charge < -0.3 is 20.6 Å². The summed E-state index contributed by atoms with van der Waals surface area (Å²) in [5.74, 6) is -2.76. The monoisotopic (exact) mass is 728 g/mol. The molecular weight excluding hydrogens is 677 g/mol. The maximum Gasteiger partial charge on any atom is 0.490 e. The van der Waals surface area contributed by atoms with Crippen LogP contribution in [0.2, 0.25) is 0 Å². The lowest BCUT2D eigenvalue weighted by Gasteiger charge is -2.39. The van der Waals surface area contributed by atoms with E-state index in [1.165, 1.54) is 52.6 Å². The minimum absolute atomic E-state index is 0.114. The highest BCUT2D eigenvalue weighted by Crippen LogP contribution is 2.26. The summed E-state index contributed by atoms with van der Waals surface area (Å²) in [7, 11) is 0. The first-order valence-electron chi connectivity index (χ1n) is 18.7. The zero-order valence-corrected chi connectivity index (χ0v) is 30.2. The van der Waals surface area contributed by atoms with E-state index in [2.05, 4.69) is 130 Å². The molecule has 1 saturated carbocycles. The van der Waals surface area contributed by atoms with Gasteiger partial charge in [0.05, 0.1) is 0 Å². The Morgan fingerprint density at radius 3 is 1.94 bits per heavy atom. The van der Waals surface area contributed by atoms with Crippen molar-refractivity contribution in [3.63, 3.8) is 0 Å². The average molecular weight is 729 g/mol. The smallest absolute Gasteiger partial charge is 0.475 e. The molecule has 1 heterocycles. The second kappa shape index (κ2) is 20.0. The Labute approximate surface area is 311 Å². The second-order valence-electron chi connectivity index (χ2n) is 14.0. The van der Waals surface area contributed by atoms with Gasteiger partial charge >= 0.3 is 18.2 Å². The number of benzene rings is 4. The van der Waals surface area contributed by atoms with Gasteiger partial charge in [-0.25, -0.2) is 9.59 Å². The lowest BCUT2D eigenvalue weighted by molar-refractivity contribution is -0.192. The number of carbonyl (C=O) groups is 2. The van der Waals surface area contributed by atoms with Crippen LogP contribution >= 0.6 is 0 Å². The first kappa shape index (κ1) is 39.5. The Kier molecular flexibility index (Phi) is 14.9. The number of nitrogens with zero attached hydrogens (tertiary/aromatic N) is 2. The van der Waals surface area contributed by atoms with Crippen LogP contribution < -0.4 is 10.6 Å². The van der Waals surface area contributed by atoms with Gasteiger partial charge in [0.1, 0.15) is 0 Å². The van der Waals surface area contributed by atoms with Gasteiger partial charge in [-0.1, -0.05) is 122 Å². The topological polar surface area (TPSA) is 84.9 Å². The summed E-state index contributed by atoms with van der Waals surface area (Å²) in [6.07, 6.45) is 3.88. The highest BCUT2D eigenvalue weighted by atomic mass is 19.4. The van der Waals surface area contributed by atoms with E-state index in [0.717, 1.165) is 64.8 Å². The van der Waals surface area contributed by atoms with E-state index in [-0.39, 0.29) is 12.1 Å². The molecule has 7 nitrogen and oxygen atoms in total. The highest BCUT2D eigenvalue weighted by molar-refractivity contribution is 5.75. The fraction of sp³-hybridized carbons (Fsp3) is 0.395. The minimum atomic E-state index is -5.08. The molecule has 0 aromatic heterocycles. The number of hydrogen-bond donors (Lipinski definition) is 3. The molecule has 4 aromatic rings. The van der Waals surface area contributed by atoms with Crippen molar-refractivity contribution in [2.75, 3.05) is 19.6 Å². The van der Waals surface area contributed by atoms with Crippen molar-refractivity contribution >= 4 is 12.0 Å². The van der Waals surface area contributed by atoms with Gasteiger partial charge in [0.2, 0.25) is 0 Å². The van der Waals surface area contributed by atoms with Crippen molar-refractivity contribution in [3.05, 3.63) is 131 Å². The highest BCUT2D eigenvalue weighted by Gasteiger charge is 2.38. The normalized spacial score (nSPS) is 15.6. The van der Waals surface area contributed by atoms with E-state index >= 15 is 0 Å². The van der Waals surface area contributed by atoms with Crippen LogP contribution in [-0.2, 0) is 30.8 Å². The van der Waals surface area contributed by atoms with Crippen LogP contribution in [0.1, 0.15) is 67.2 Å². The van der Waals surface area contributed by atoms with E-state index < -0.39 is 12.1 Å². The zero-order chi connectivity index (χ0) is 37.5. The van der Waals surface area contributed by atoms with Crippen LogP contribution in [0, 0.1) is 0 Å². The molecule has 0 radical (unpaired) electrons. The van der Waals surface area contributed by atoms with Gasteiger partial charge in [-0.15, -0.1) is 0 Å². The third-order valence-electron chi connectivity index (χ3n) is 10.0. The number of alkyl halides is 3. The maximum atomic E-state index is 13.9. The third kappa shape index (κ3) is 13.0. The first-order valence-corrected chi connectivity index (χ1v) is 18.7. The van der Waals surface area contributed by atoms with Gasteiger partial charge in [-0.05, 0) is 78.1 Å². The maximum absolute atomic E-state index is 13.9. The van der Waals surface area contributed by atoms with Crippen LogP contribution in [0.5, 0.6) is 0 Å². The number of hydrogen-bond acceptors (Lipinski definition) is 4. The fourth-order valence-electron chi connectivity index (χ4n) is 7.07. The van der Waals surface area contributed by atoms with Crippen LogP contribution in [0.3, 0.4) is 0 Å². The van der Waals surface area contributed by atoms with Crippen molar-refractivity contribution in [2.24, 2.45) is 0 Å². The molecule has 6 rings (SSSR count).